The smallest absolute Gasteiger partial charge is 0.273 e. The number of pyridine rings is 3. The molecular formula is C22H22ClN5O3. The van der Waals surface area contributed by atoms with Gasteiger partial charge in [0.15, 0.2) is 0 Å². The zero-order valence-corrected chi connectivity index (χ0v) is 18.0. The first kappa shape index (κ1) is 20.1. The summed E-state index contributed by atoms with van der Waals surface area (Å²) in [5, 5.41) is 1.25. The Labute approximate surface area is 184 Å². The van der Waals surface area contributed by atoms with Gasteiger partial charge in [0.25, 0.3) is 5.91 Å². The second-order valence-corrected chi connectivity index (χ2v) is 8.35. The third kappa shape index (κ3) is 3.40. The van der Waals surface area contributed by atoms with Gasteiger partial charge in [-0.25, -0.2) is 15.0 Å². The first-order valence-corrected chi connectivity index (χ1v) is 10.5. The Balaban J connectivity index is 1.56. The van der Waals surface area contributed by atoms with Gasteiger partial charge in [-0.15, -0.1) is 0 Å². The molecule has 1 amide bonds. The fraction of sp³-hybridized carbons (Fsp3) is 0.364. The van der Waals surface area contributed by atoms with E-state index in [1.165, 1.54) is 0 Å². The molecule has 0 aliphatic carbocycles. The van der Waals surface area contributed by atoms with Crippen molar-refractivity contribution in [1.29, 1.82) is 0 Å². The summed E-state index contributed by atoms with van der Waals surface area (Å²) in [7, 11) is 0. The van der Waals surface area contributed by atoms with Gasteiger partial charge in [0.1, 0.15) is 16.7 Å². The summed E-state index contributed by atoms with van der Waals surface area (Å²) in [6.45, 7) is 5.18. The molecule has 2 aliphatic heterocycles. The highest BCUT2D eigenvalue weighted by atomic mass is 35.5. The zero-order chi connectivity index (χ0) is 21.7. The Morgan fingerprint density at radius 2 is 2.06 bits per heavy atom. The molecule has 31 heavy (non-hydrogen) atoms. The number of nitrogens with zero attached hydrogens (tertiary/aromatic N) is 4. The molecule has 0 saturated carbocycles. The number of nitrogens with two attached hydrogens (primary N) is 1. The van der Waals surface area contributed by atoms with Crippen molar-refractivity contribution in [3.63, 3.8) is 0 Å². The summed E-state index contributed by atoms with van der Waals surface area (Å²) < 4.78 is 11.5. The Hall–Kier alpha value is -2.81. The first-order valence-electron chi connectivity index (χ1n) is 10.2. The van der Waals surface area contributed by atoms with Crippen molar-refractivity contribution >= 4 is 34.2 Å². The quantitative estimate of drug-likeness (QED) is 0.610. The topological polar surface area (TPSA) is 103 Å². The van der Waals surface area contributed by atoms with Crippen molar-refractivity contribution in [1.82, 2.24) is 19.9 Å². The molecule has 3 atom stereocenters. The highest BCUT2D eigenvalue weighted by Crippen LogP contribution is 2.38. The summed E-state index contributed by atoms with van der Waals surface area (Å²) in [4.78, 5) is 28.5. The highest BCUT2D eigenvalue weighted by molar-refractivity contribution is 6.29. The lowest BCUT2D eigenvalue weighted by molar-refractivity contribution is -0.0319. The number of anilines is 1. The number of nitrogen functional groups attached to an aromatic ring is 1. The van der Waals surface area contributed by atoms with E-state index in [1.54, 1.807) is 24.5 Å². The summed E-state index contributed by atoms with van der Waals surface area (Å²) in [5.74, 6) is 0.278. The Morgan fingerprint density at radius 3 is 2.84 bits per heavy atom. The summed E-state index contributed by atoms with van der Waals surface area (Å²) >= 11 is 5.94. The van der Waals surface area contributed by atoms with Crippen molar-refractivity contribution in [3.8, 4) is 0 Å². The van der Waals surface area contributed by atoms with Gasteiger partial charge in [0, 0.05) is 17.1 Å². The molecule has 3 aromatic rings. The maximum absolute atomic E-state index is 13.6. The van der Waals surface area contributed by atoms with Crippen LogP contribution in [0.5, 0.6) is 0 Å². The van der Waals surface area contributed by atoms with Gasteiger partial charge in [-0.05, 0) is 37.1 Å². The summed E-state index contributed by atoms with van der Waals surface area (Å²) in [5.41, 5.74) is 9.86. The number of aromatic nitrogens is 3. The number of halogens is 1. The molecule has 2 N–H and O–H groups in total. The van der Waals surface area contributed by atoms with Crippen LogP contribution in [0.15, 0.2) is 30.6 Å². The van der Waals surface area contributed by atoms with Crippen LogP contribution in [0.25, 0.3) is 10.9 Å². The molecule has 0 radical (unpaired) electrons. The van der Waals surface area contributed by atoms with Gasteiger partial charge in [-0.1, -0.05) is 17.7 Å². The zero-order valence-electron chi connectivity index (χ0n) is 17.2. The van der Waals surface area contributed by atoms with Crippen molar-refractivity contribution in [2.75, 3.05) is 18.9 Å². The van der Waals surface area contributed by atoms with Gasteiger partial charge in [0.05, 0.1) is 49.7 Å². The lowest BCUT2D eigenvalue weighted by Crippen LogP contribution is -2.49. The van der Waals surface area contributed by atoms with E-state index in [0.717, 1.165) is 22.1 Å². The van der Waals surface area contributed by atoms with Gasteiger partial charge in [0.2, 0.25) is 0 Å². The van der Waals surface area contributed by atoms with Crippen molar-refractivity contribution in [3.05, 3.63) is 58.1 Å². The molecule has 8 nitrogen and oxygen atoms in total. The van der Waals surface area contributed by atoms with Crippen LogP contribution in [0, 0.1) is 0 Å². The van der Waals surface area contributed by atoms with Gasteiger partial charge >= 0.3 is 0 Å². The van der Waals surface area contributed by atoms with E-state index in [4.69, 9.17) is 26.8 Å². The molecule has 0 aromatic carbocycles. The number of hydrogen-bond acceptors (Lipinski definition) is 7. The number of hydrogen-bond donors (Lipinski definition) is 1. The SMILES string of the molecule is C[C@@H]1COC[C@H](c2ccc(Cl)nc2)N1C(=O)c1cc2c3c(c(N)nc2cn1)[C@@H](C)OC3. The maximum atomic E-state index is 13.6. The summed E-state index contributed by atoms with van der Waals surface area (Å²) in [6, 6.07) is 4.97. The Bertz CT molecular complexity index is 1170. The molecule has 1 saturated heterocycles. The predicted octanol–water partition coefficient (Wildman–Crippen LogP) is 3.45. The highest BCUT2D eigenvalue weighted by Gasteiger charge is 2.35. The number of morpholine rings is 1. The van der Waals surface area contributed by atoms with Crippen LogP contribution >= 0.6 is 11.6 Å². The van der Waals surface area contributed by atoms with Crippen LogP contribution in [-0.2, 0) is 16.1 Å². The minimum atomic E-state index is -0.280. The average Bonchev–Trinajstić information content (AvgIpc) is 3.16. The normalized spacial score (nSPS) is 23.2. The van der Waals surface area contributed by atoms with Crippen LogP contribution < -0.4 is 5.73 Å². The molecule has 0 bridgehead atoms. The maximum Gasteiger partial charge on any atom is 0.273 e. The molecule has 0 spiro atoms. The molecule has 0 unspecified atom stereocenters. The van der Waals surface area contributed by atoms with Crippen LogP contribution in [-0.4, -0.2) is 45.0 Å². The van der Waals surface area contributed by atoms with Crippen molar-refractivity contribution in [2.24, 2.45) is 0 Å². The average molecular weight is 440 g/mol. The second kappa shape index (κ2) is 7.71. The third-order valence-electron chi connectivity index (χ3n) is 5.97. The number of amides is 1. The van der Waals surface area contributed by atoms with E-state index in [0.29, 0.717) is 42.0 Å². The van der Waals surface area contributed by atoms with Gasteiger partial charge in [-0.3, -0.25) is 4.79 Å². The number of ether oxygens (including phenoxy) is 2. The van der Waals surface area contributed by atoms with E-state index in [2.05, 4.69) is 15.0 Å². The first-order chi connectivity index (χ1) is 14.9. The largest absolute Gasteiger partial charge is 0.383 e. The van der Waals surface area contributed by atoms with Crippen LogP contribution in [0.3, 0.4) is 0 Å². The van der Waals surface area contributed by atoms with E-state index in [1.807, 2.05) is 24.8 Å². The lowest BCUT2D eigenvalue weighted by atomic mass is 10.0. The molecule has 5 rings (SSSR count). The van der Waals surface area contributed by atoms with E-state index in [-0.39, 0.29) is 24.1 Å². The number of carbonyl (C=O) groups is 1. The molecule has 160 valence electrons. The standard InChI is InChI=1S/C22H22ClN5O3/c1-11-8-30-10-18(13-3-4-19(23)26-6-13)28(11)22(29)16-5-14-15-9-31-12(2)20(15)21(24)27-17(14)7-25-16/h3-7,11-12,18H,8-10H2,1-2H3,(H2,24,27)/t11-,12-,18-/m1/s1. The predicted molar refractivity (Wildman–Crippen MR) is 116 cm³/mol. The van der Waals surface area contributed by atoms with Crippen molar-refractivity contribution < 1.29 is 14.3 Å². The second-order valence-electron chi connectivity index (χ2n) is 7.96. The van der Waals surface area contributed by atoms with E-state index < -0.39 is 0 Å². The number of carbonyl (C=O) groups excluding carboxylic acids is 1. The molecule has 2 aliphatic rings. The molecule has 3 aromatic heterocycles. The minimum Gasteiger partial charge on any atom is -0.383 e. The molecule has 1 fully saturated rings. The van der Waals surface area contributed by atoms with E-state index in [9.17, 15) is 4.79 Å². The van der Waals surface area contributed by atoms with Crippen LogP contribution in [0.1, 0.15) is 53.2 Å². The summed E-state index contributed by atoms with van der Waals surface area (Å²) in [6.07, 6.45) is 3.16. The van der Waals surface area contributed by atoms with Crippen molar-refractivity contribution in [2.45, 2.75) is 38.6 Å². The Kier molecular flexibility index (Phi) is 5.00. The monoisotopic (exact) mass is 439 g/mol. The third-order valence-corrected chi connectivity index (χ3v) is 6.19. The van der Waals surface area contributed by atoms with Crippen LogP contribution in [0.2, 0.25) is 5.15 Å². The fourth-order valence-electron chi connectivity index (χ4n) is 4.42. The Morgan fingerprint density at radius 1 is 1.23 bits per heavy atom. The minimum absolute atomic E-state index is 0.125. The molecule has 5 heterocycles. The van der Waals surface area contributed by atoms with Gasteiger partial charge < -0.3 is 20.1 Å². The van der Waals surface area contributed by atoms with Gasteiger partial charge in [-0.2, -0.15) is 0 Å². The lowest BCUT2D eigenvalue weighted by Gasteiger charge is -2.40. The van der Waals surface area contributed by atoms with E-state index >= 15 is 0 Å². The van der Waals surface area contributed by atoms with Crippen LogP contribution in [0.4, 0.5) is 5.82 Å². The molecular weight excluding hydrogens is 418 g/mol. The number of rotatable bonds is 2. The molecule has 9 heteroatoms. The number of fused-ring (bicyclic) bond motifs is 3. The fourth-order valence-corrected chi connectivity index (χ4v) is 4.53.